The first-order valence-electron chi connectivity index (χ1n) is 11.3. The van der Waals surface area contributed by atoms with Gasteiger partial charge in [-0.2, -0.15) is 0 Å². The number of benzene rings is 3. The molecule has 0 aliphatic carbocycles. The van der Waals surface area contributed by atoms with Crippen LogP contribution in [0.15, 0.2) is 71.6 Å². The van der Waals surface area contributed by atoms with Gasteiger partial charge in [-0.1, -0.05) is 31.0 Å². The standard InChI is InChI=1S/C26H27ClN2O6S/c1-3-4-15-34-26(31)19-6-9-20(10-7-19)28-25(30)17-35-22-11-13-23(14-12-22)36(32,33)29-21-8-5-18(2)24(27)16-21/h5-14,16,29H,3-4,15,17H2,1-2H3,(H,28,30). The van der Waals surface area contributed by atoms with Crippen molar-refractivity contribution in [1.82, 2.24) is 0 Å². The Hall–Kier alpha value is -3.56. The first kappa shape index (κ1) is 27.0. The van der Waals surface area contributed by atoms with E-state index >= 15 is 0 Å². The van der Waals surface area contributed by atoms with Crippen LogP contribution < -0.4 is 14.8 Å². The number of halogens is 1. The number of anilines is 2. The molecule has 0 saturated heterocycles. The molecule has 0 aliphatic rings. The van der Waals surface area contributed by atoms with E-state index in [0.29, 0.717) is 34.3 Å². The Kier molecular flexibility index (Phi) is 9.32. The zero-order chi connectivity index (χ0) is 26.1. The molecule has 36 heavy (non-hydrogen) atoms. The summed E-state index contributed by atoms with van der Waals surface area (Å²) in [5.41, 5.74) is 2.08. The summed E-state index contributed by atoms with van der Waals surface area (Å²) in [7, 11) is -3.82. The minimum absolute atomic E-state index is 0.0318. The number of nitrogens with one attached hydrogen (secondary N) is 2. The van der Waals surface area contributed by atoms with Crippen LogP contribution in [-0.4, -0.2) is 33.5 Å². The van der Waals surface area contributed by atoms with Gasteiger partial charge in [-0.05, 0) is 79.6 Å². The van der Waals surface area contributed by atoms with Crippen molar-refractivity contribution in [3.63, 3.8) is 0 Å². The van der Waals surface area contributed by atoms with E-state index in [4.69, 9.17) is 21.1 Å². The summed E-state index contributed by atoms with van der Waals surface area (Å²) in [5, 5.41) is 3.13. The number of amides is 1. The molecule has 3 aromatic carbocycles. The number of sulfonamides is 1. The van der Waals surface area contributed by atoms with Crippen LogP contribution in [0, 0.1) is 6.92 Å². The van der Waals surface area contributed by atoms with Crippen LogP contribution in [0.2, 0.25) is 5.02 Å². The molecule has 10 heteroatoms. The largest absolute Gasteiger partial charge is 0.484 e. The minimum atomic E-state index is -3.82. The van der Waals surface area contributed by atoms with Crippen LogP contribution in [0.3, 0.4) is 0 Å². The molecule has 0 saturated carbocycles. The van der Waals surface area contributed by atoms with Gasteiger partial charge in [0.05, 0.1) is 22.8 Å². The number of carbonyl (C=O) groups is 2. The van der Waals surface area contributed by atoms with Gasteiger partial charge in [0.1, 0.15) is 5.75 Å². The fourth-order valence-corrected chi connectivity index (χ4v) is 4.24. The van der Waals surface area contributed by atoms with Crippen LogP contribution in [-0.2, 0) is 19.6 Å². The van der Waals surface area contributed by atoms with Gasteiger partial charge < -0.3 is 14.8 Å². The van der Waals surface area contributed by atoms with Gasteiger partial charge in [-0.15, -0.1) is 0 Å². The third kappa shape index (κ3) is 7.73. The highest BCUT2D eigenvalue weighted by Gasteiger charge is 2.15. The molecule has 2 N–H and O–H groups in total. The molecule has 0 fully saturated rings. The zero-order valence-electron chi connectivity index (χ0n) is 19.9. The van der Waals surface area contributed by atoms with Gasteiger partial charge in [0.15, 0.2) is 6.61 Å². The fraction of sp³-hybridized carbons (Fsp3) is 0.231. The first-order valence-corrected chi connectivity index (χ1v) is 13.1. The van der Waals surface area contributed by atoms with Gasteiger partial charge in [0, 0.05) is 10.7 Å². The third-order valence-corrected chi connectivity index (χ3v) is 6.87. The molecule has 0 bridgehead atoms. The lowest BCUT2D eigenvalue weighted by molar-refractivity contribution is -0.118. The Morgan fingerprint density at radius 2 is 1.61 bits per heavy atom. The topological polar surface area (TPSA) is 111 Å². The normalized spacial score (nSPS) is 11.0. The maximum atomic E-state index is 12.6. The predicted octanol–water partition coefficient (Wildman–Crippen LogP) is 5.42. The second-order valence-corrected chi connectivity index (χ2v) is 10.0. The average Bonchev–Trinajstić information content (AvgIpc) is 2.85. The van der Waals surface area contributed by atoms with E-state index in [1.807, 2.05) is 13.8 Å². The molecule has 1 amide bonds. The van der Waals surface area contributed by atoms with Crippen molar-refractivity contribution >= 4 is 44.9 Å². The number of esters is 1. The lowest BCUT2D eigenvalue weighted by Crippen LogP contribution is -2.20. The summed E-state index contributed by atoms with van der Waals surface area (Å²) in [4.78, 5) is 24.2. The SMILES string of the molecule is CCCCOC(=O)c1ccc(NC(=O)COc2ccc(S(=O)(=O)Nc3ccc(C)c(Cl)c3)cc2)cc1. The summed E-state index contributed by atoms with van der Waals surface area (Å²) in [6.07, 6.45) is 1.74. The second kappa shape index (κ2) is 12.4. The summed E-state index contributed by atoms with van der Waals surface area (Å²) in [6.45, 7) is 3.92. The van der Waals surface area contributed by atoms with Crippen LogP contribution in [0.25, 0.3) is 0 Å². The van der Waals surface area contributed by atoms with Gasteiger partial charge in [0.2, 0.25) is 0 Å². The van der Waals surface area contributed by atoms with E-state index in [9.17, 15) is 18.0 Å². The highest BCUT2D eigenvalue weighted by molar-refractivity contribution is 7.92. The summed E-state index contributed by atoms with van der Waals surface area (Å²) < 4.78 is 38.3. The van der Waals surface area contributed by atoms with Crippen LogP contribution >= 0.6 is 11.6 Å². The van der Waals surface area contributed by atoms with Crippen LogP contribution in [0.5, 0.6) is 5.75 Å². The summed E-state index contributed by atoms with van der Waals surface area (Å²) >= 11 is 6.06. The number of unbranched alkanes of at least 4 members (excludes halogenated alkanes) is 1. The molecule has 190 valence electrons. The number of rotatable bonds is 11. The number of hydrogen-bond acceptors (Lipinski definition) is 6. The zero-order valence-corrected chi connectivity index (χ0v) is 21.5. The third-order valence-electron chi connectivity index (χ3n) is 5.06. The van der Waals surface area contributed by atoms with Gasteiger partial charge >= 0.3 is 5.97 Å². The summed E-state index contributed by atoms with van der Waals surface area (Å²) in [5.74, 6) is -0.497. The molecular weight excluding hydrogens is 504 g/mol. The molecular formula is C26H27ClN2O6S. The van der Waals surface area contributed by atoms with E-state index in [-0.39, 0.29) is 11.5 Å². The molecule has 0 heterocycles. The number of hydrogen-bond donors (Lipinski definition) is 2. The van der Waals surface area contributed by atoms with Crippen molar-refractivity contribution < 1.29 is 27.5 Å². The van der Waals surface area contributed by atoms with Crippen LogP contribution in [0.4, 0.5) is 11.4 Å². The molecule has 3 rings (SSSR count). The van der Waals surface area contributed by atoms with Gasteiger partial charge in [-0.25, -0.2) is 13.2 Å². The molecule has 0 aromatic heterocycles. The van der Waals surface area contributed by atoms with Crippen molar-refractivity contribution in [2.45, 2.75) is 31.6 Å². The highest BCUT2D eigenvalue weighted by Crippen LogP contribution is 2.23. The first-order chi connectivity index (χ1) is 17.2. The maximum Gasteiger partial charge on any atom is 0.338 e. The Morgan fingerprint density at radius 3 is 2.25 bits per heavy atom. The Balaban J connectivity index is 1.51. The molecule has 0 spiro atoms. The lowest BCUT2D eigenvalue weighted by atomic mass is 10.2. The van der Waals surface area contributed by atoms with Crippen molar-refractivity contribution in [3.8, 4) is 5.75 Å². The van der Waals surface area contributed by atoms with E-state index in [1.54, 1.807) is 36.4 Å². The predicted molar refractivity (Wildman–Crippen MR) is 139 cm³/mol. The van der Waals surface area contributed by atoms with E-state index in [1.165, 1.54) is 30.3 Å². The highest BCUT2D eigenvalue weighted by atomic mass is 35.5. The Labute approximate surface area is 215 Å². The smallest absolute Gasteiger partial charge is 0.338 e. The van der Waals surface area contributed by atoms with Crippen LogP contribution in [0.1, 0.15) is 35.7 Å². The van der Waals surface area contributed by atoms with E-state index < -0.39 is 21.9 Å². The number of carbonyl (C=O) groups excluding carboxylic acids is 2. The second-order valence-electron chi connectivity index (χ2n) is 7.94. The maximum absolute atomic E-state index is 12.6. The molecule has 3 aromatic rings. The van der Waals surface area contributed by atoms with Crippen molar-refractivity contribution in [2.75, 3.05) is 23.3 Å². The molecule has 0 unspecified atom stereocenters. The van der Waals surface area contributed by atoms with E-state index in [0.717, 1.165) is 18.4 Å². The molecule has 8 nitrogen and oxygen atoms in total. The lowest BCUT2D eigenvalue weighted by Gasteiger charge is -2.11. The van der Waals surface area contributed by atoms with E-state index in [2.05, 4.69) is 10.0 Å². The average molecular weight is 531 g/mol. The monoisotopic (exact) mass is 530 g/mol. The summed E-state index contributed by atoms with van der Waals surface area (Å²) in [6, 6.07) is 16.9. The Bertz CT molecular complexity index is 1310. The van der Waals surface area contributed by atoms with Crippen molar-refractivity contribution in [1.29, 1.82) is 0 Å². The van der Waals surface area contributed by atoms with Crippen molar-refractivity contribution in [2.24, 2.45) is 0 Å². The fourth-order valence-electron chi connectivity index (χ4n) is 3.01. The molecule has 0 atom stereocenters. The molecule has 0 radical (unpaired) electrons. The number of ether oxygens (including phenoxy) is 2. The van der Waals surface area contributed by atoms with Gasteiger partial charge in [0.25, 0.3) is 15.9 Å². The minimum Gasteiger partial charge on any atom is -0.484 e. The molecule has 0 aliphatic heterocycles. The number of aryl methyl sites for hydroxylation is 1. The van der Waals surface area contributed by atoms with Gasteiger partial charge in [-0.3, -0.25) is 9.52 Å². The van der Waals surface area contributed by atoms with Crippen molar-refractivity contribution in [3.05, 3.63) is 82.9 Å². The quantitative estimate of drug-likeness (QED) is 0.253. The Morgan fingerprint density at radius 1 is 0.944 bits per heavy atom.